The molecule has 0 aromatic heterocycles. The van der Waals surface area contributed by atoms with E-state index in [9.17, 15) is 0 Å². The monoisotopic (exact) mass is 163 g/mol. The number of thiocarbonyl (C=S) groups is 1. The number of benzene rings is 1. The topological polar surface area (TPSA) is 26.0 Å². The van der Waals surface area contributed by atoms with Gasteiger partial charge in [-0.05, 0) is 5.56 Å². The molecular formula is C9H9NS. The van der Waals surface area contributed by atoms with Gasteiger partial charge in [-0.2, -0.15) is 0 Å². The van der Waals surface area contributed by atoms with E-state index in [0.717, 1.165) is 11.1 Å². The standard InChI is InChI=1S/C9H9NS/c1-2-7-3-5-8(6-4-7)9(10)11/h2-6H,1H2,(H2,10,11). The van der Waals surface area contributed by atoms with E-state index >= 15 is 0 Å². The summed E-state index contributed by atoms with van der Waals surface area (Å²) in [4.78, 5) is 0.431. The maximum absolute atomic E-state index is 5.41. The van der Waals surface area contributed by atoms with E-state index in [1.807, 2.05) is 24.3 Å². The van der Waals surface area contributed by atoms with Gasteiger partial charge in [-0.15, -0.1) is 0 Å². The Morgan fingerprint density at radius 3 is 2.27 bits per heavy atom. The van der Waals surface area contributed by atoms with Gasteiger partial charge in [-0.1, -0.05) is 49.1 Å². The van der Waals surface area contributed by atoms with Crippen molar-refractivity contribution in [2.75, 3.05) is 0 Å². The highest BCUT2D eigenvalue weighted by molar-refractivity contribution is 7.80. The highest BCUT2D eigenvalue weighted by Crippen LogP contribution is 2.04. The van der Waals surface area contributed by atoms with Crippen molar-refractivity contribution >= 4 is 23.3 Å². The summed E-state index contributed by atoms with van der Waals surface area (Å²) in [5.41, 5.74) is 7.38. The van der Waals surface area contributed by atoms with Crippen molar-refractivity contribution in [3.05, 3.63) is 42.0 Å². The highest BCUT2D eigenvalue weighted by atomic mass is 32.1. The second-order valence-electron chi connectivity index (χ2n) is 2.19. The van der Waals surface area contributed by atoms with Gasteiger partial charge in [0.15, 0.2) is 0 Å². The molecule has 11 heavy (non-hydrogen) atoms. The molecule has 0 fully saturated rings. The number of hydrogen-bond donors (Lipinski definition) is 1. The lowest BCUT2D eigenvalue weighted by Gasteiger charge is -1.97. The summed E-state index contributed by atoms with van der Waals surface area (Å²) < 4.78 is 0. The average molecular weight is 163 g/mol. The number of nitrogens with two attached hydrogens (primary N) is 1. The van der Waals surface area contributed by atoms with Crippen LogP contribution in [0, 0.1) is 0 Å². The molecule has 2 heteroatoms. The Hall–Kier alpha value is -1.15. The van der Waals surface area contributed by atoms with Gasteiger partial charge in [-0.3, -0.25) is 0 Å². The minimum Gasteiger partial charge on any atom is -0.389 e. The van der Waals surface area contributed by atoms with Gasteiger partial charge in [0.05, 0.1) is 0 Å². The molecule has 56 valence electrons. The van der Waals surface area contributed by atoms with Crippen molar-refractivity contribution < 1.29 is 0 Å². The fourth-order valence-electron chi connectivity index (χ4n) is 0.783. The molecule has 0 saturated carbocycles. The smallest absolute Gasteiger partial charge is 0.103 e. The molecule has 0 amide bonds. The van der Waals surface area contributed by atoms with Crippen LogP contribution in [0.25, 0.3) is 6.08 Å². The van der Waals surface area contributed by atoms with E-state index in [-0.39, 0.29) is 0 Å². The lowest BCUT2D eigenvalue weighted by atomic mass is 10.1. The van der Waals surface area contributed by atoms with Gasteiger partial charge in [-0.25, -0.2) is 0 Å². The number of rotatable bonds is 2. The molecule has 0 bridgehead atoms. The molecule has 0 unspecified atom stereocenters. The van der Waals surface area contributed by atoms with Crippen molar-refractivity contribution in [2.24, 2.45) is 5.73 Å². The Kier molecular flexibility index (Phi) is 2.39. The van der Waals surface area contributed by atoms with Crippen LogP contribution in [0.1, 0.15) is 11.1 Å². The Morgan fingerprint density at radius 2 is 1.91 bits per heavy atom. The van der Waals surface area contributed by atoms with E-state index < -0.39 is 0 Å². The van der Waals surface area contributed by atoms with E-state index in [2.05, 4.69) is 6.58 Å². The maximum atomic E-state index is 5.41. The molecule has 0 heterocycles. The molecular weight excluding hydrogens is 154 g/mol. The van der Waals surface area contributed by atoms with Gasteiger partial charge in [0.2, 0.25) is 0 Å². The van der Waals surface area contributed by atoms with Crippen LogP contribution in [0.5, 0.6) is 0 Å². The third-order valence-corrected chi connectivity index (χ3v) is 1.67. The second-order valence-corrected chi connectivity index (χ2v) is 2.63. The normalized spacial score (nSPS) is 9.09. The Morgan fingerprint density at radius 1 is 1.36 bits per heavy atom. The van der Waals surface area contributed by atoms with E-state index in [4.69, 9.17) is 18.0 Å². The lowest BCUT2D eigenvalue weighted by molar-refractivity contribution is 1.60. The van der Waals surface area contributed by atoms with Crippen LogP contribution in [0.15, 0.2) is 30.8 Å². The first-order valence-corrected chi connectivity index (χ1v) is 3.67. The molecule has 1 aromatic rings. The van der Waals surface area contributed by atoms with Gasteiger partial charge >= 0.3 is 0 Å². The molecule has 0 aliphatic rings. The average Bonchev–Trinajstić information content (AvgIpc) is 2.05. The van der Waals surface area contributed by atoms with Crippen LogP contribution in [0.4, 0.5) is 0 Å². The third kappa shape index (κ3) is 1.88. The number of hydrogen-bond acceptors (Lipinski definition) is 1. The first-order valence-electron chi connectivity index (χ1n) is 3.26. The summed E-state index contributed by atoms with van der Waals surface area (Å²) in [5.74, 6) is 0. The van der Waals surface area contributed by atoms with Crippen LogP contribution in [-0.2, 0) is 0 Å². The summed E-state index contributed by atoms with van der Waals surface area (Å²) >= 11 is 4.79. The molecule has 2 N–H and O–H groups in total. The van der Waals surface area contributed by atoms with Crippen molar-refractivity contribution in [1.82, 2.24) is 0 Å². The first-order chi connectivity index (χ1) is 5.24. The molecule has 0 spiro atoms. The van der Waals surface area contributed by atoms with Gasteiger partial charge in [0.25, 0.3) is 0 Å². The zero-order valence-electron chi connectivity index (χ0n) is 6.08. The van der Waals surface area contributed by atoms with Crippen molar-refractivity contribution in [1.29, 1.82) is 0 Å². The van der Waals surface area contributed by atoms with Crippen molar-refractivity contribution in [2.45, 2.75) is 0 Å². The van der Waals surface area contributed by atoms with E-state index in [1.54, 1.807) is 6.08 Å². The Labute approximate surface area is 71.5 Å². The minimum absolute atomic E-state index is 0.431. The third-order valence-electron chi connectivity index (χ3n) is 1.43. The molecule has 0 aliphatic heterocycles. The highest BCUT2D eigenvalue weighted by Gasteiger charge is 1.92. The SMILES string of the molecule is C=Cc1ccc(C(N)=S)cc1. The second kappa shape index (κ2) is 3.30. The maximum Gasteiger partial charge on any atom is 0.103 e. The molecule has 1 rings (SSSR count). The van der Waals surface area contributed by atoms with Crippen LogP contribution in [0.2, 0.25) is 0 Å². The van der Waals surface area contributed by atoms with Gasteiger partial charge < -0.3 is 5.73 Å². The summed E-state index contributed by atoms with van der Waals surface area (Å²) in [6, 6.07) is 7.64. The predicted octanol–water partition coefficient (Wildman–Crippen LogP) is 1.96. The fourth-order valence-corrected chi connectivity index (χ4v) is 0.920. The Bertz CT molecular complexity index is 274. The molecule has 1 nitrogen and oxygen atoms in total. The zero-order valence-corrected chi connectivity index (χ0v) is 6.90. The Balaban J connectivity index is 3.00. The van der Waals surface area contributed by atoms with E-state index in [0.29, 0.717) is 4.99 Å². The summed E-state index contributed by atoms with van der Waals surface area (Å²) in [7, 11) is 0. The van der Waals surface area contributed by atoms with Crippen LogP contribution < -0.4 is 5.73 Å². The van der Waals surface area contributed by atoms with Gasteiger partial charge in [0, 0.05) is 5.56 Å². The molecule has 1 aromatic carbocycles. The summed E-state index contributed by atoms with van der Waals surface area (Å²) in [5, 5.41) is 0. The zero-order chi connectivity index (χ0) is 8.27. The molecule has 0 aliphatic carbocycles. The summed E-state index contributed by atoms with van der Waals surface area (Å²) in [6.07, 6.45) is 1.78. The molecule has 0 saturated heterocycles. The van der Waals surface area contributed by atoms with Crippen LogP contribution in [0.3, 0.4) is 0 Å². The predicted molar refractivity (Wildman–Crippen MR) is 52.4 cm³/mol. The largest absolute Gasteiger partial charge is 0.389 e. The van der Waals surface area contributed by atoms with Crippen LogP contribution >= 0.6 is 12.2 Å². The van der Waals surface area contributed by atoms with Crippen LogP contribution in [-0.4, -0.2) is 4.99 Å². The van der Waals surface area contributed by atoms with Crippen molar-refractivity contribution in [3.8, 4) is 0 Å². The molecule has 0 radical (unpaired) electrons. The summed E-state index contributed by atoms with van der Waals surface area (Å²) in [6.45, 7) is 3.64. The first kappa shape index (κ1) is 7.95. The van der Waals surface area contributed by atoms with Crippen molar-refractivity contribution in [3.63, 3.8) is 0 Å². The fraction of sp³-hybridized carbons (Fsp3) is 0. The van der Waals surface area contributed by atoms with E-state index in [1.165, 1.54) is 0 Å². The lowest BCUT2D eigenvalue weighted by Crippen LogP contribution is -2.08. The minimum atomic E-state index is 0.431. The molecule has 0 atom stereocenters. The van der Waals surface area contributed by atoms with Gasteiger partial charge in [0.1, 0.15) is 4.99 Å². The quantitative estimate of drug-likeness (QED) is 0.674.